The van der Waals surface area contributed by atoms with Crippen LogP contribution in [-0.2, 0) is 9.59 Å². The third kappa shape index (κ3) is 7.51. The smallest absolute Gasteiger partial charge is 0.239 e. The molecule has 2 N–H and O–H groups in total. The molecule has 27 heavy (non-hydrogen) atoms. The number of hydrogen-bond acceptors (Lipinski definition) is 7. The molecule has 146 valence electrons. The van der Waals surface area contributed by atoms with Crippen LogP contribution in [0.2, 0.25) is 0 Å². The SMILES string of the molecule is CCCCC(=O)Nc1cccc(SC(C)C(=O)Nc2nc(SCC)ns2)c1. The molecule has 1 aromatic carbocycles. The Morgan fingerprint density at radius 1 is 1.26 bits per heavy atom. The van der Waals surface area contributed by atoms with Crippen molar-refractivity contribution in [2.45, 2.75) is 55.3 Å². The molecule has 0 aliphatic carbocycles. The number of nitrogens with zero attached hydrogens (tertiary/aromatic N) is 2. The minimum atomic E-state index is -0.303. The maximum Gasteiger partial charge on any atom is 0.239 e. The molecule has 0 saturated carbocycles. The van der Waals surface area contributed by atoms with Gasteiger partial charge in [0.05, 0.1) is 5.25 Å². The average molecular weight is 425 g/mol. The lowest BCUT2D eigenvalue weighted by atomic mass is 10.2. The van der Waals surface area contributed by atoms with Crippen LogP contribution in [0.15, 0.2) is 34.3 Å². The summed E-state index contributed by atoms with van der Waals surface area (Å²) in [7, 11) is 0. The van der Waals surface area contributed by atoms with E-state index < -0.39 is 0 Å². The fourth-order valence-corrected chi connectivity index (χ4v) is 4.32. The second-order valence-corrected chi connectivity index (χ2v) is 9.14. The van der Waals surface area contributed by atoms with Crippen molar-refractivity contribution in [1.82, 2.24) is 9.36 Å². The van der Waals surface area contributed by atoms with Crippen molar-refractivity contribution in [1.29, 1.82) is 0 Å². The van der Waals surface area contributed by atoms with Gasteiger partial charge >= 0.3 is 0 Å². The largest absolute Gasteiger partial charge is 0.326 e. The van der Waals surface area contributed by atoms with Gasteiger partial charge in [-0.2, -0.15) is 9.36 Å². The molecule has 6 nitrogen and oxygen atoms in total. The number of aromatic nitrogens is 2. The molecular formula is C18H24N4O2S3. The Kier molecular flexibility index (Phi) is 9.09. The zero-order valence-corrected chi connectivity index (χ0v) is 18.1. The number of unbranched alkanes of at least 4 members (excludes halogenated alkanes) is 1. The molecule has 1 unspecified atom stereocenters. The van der Waals surface area contributed by atoms with Crippen molar-refractivity contribution < 1.29 is 9.59 Å². The van der Waals surface area contributed by atoms with Crippen molar-refractivity contribution in [3.63, 3.8) is 0 Å². The monoisotopic (exact) mass is 424 g/mol. The third-order valence-electron chi connectivity index (χ3n) is 3.47. The van der Waals surface area contributed by atoms with Crippen LogP contribution in [0.1, 0.15) is 40.0 Å². The summed E-state index contributed by atoms with van der Waals surface area (Å²) in [5.74, 6) is 0.783. The first-order valence-electron chi connectivity index (χ1n) is 8.85. The minimum absolute atomic E-state index is 0.0156. The molecule has 0 spiro atoms. The zero-order valence-electron chi connectivity index (χ0n) is 15.7. The van der Waals surface area contributed by atoms with E-state index in [1.165, 1.54) is 23.3 Å². The van der Waals surface area contributed by atoms with Gasteiger partial charge in [0.15, 0.2) is 0 Å². The number of amides is 2. The zero-order chi connectivity index (χ0) is 19.6. The van der Waals surface area contributed by atoms with Gasteiger partial charge in [-0.3, -0.25) is 14.9 Å². The van der Waals surface area contributed by atoms with Crippen LogP contribution in [0.25, 0.3) is 0 Å². The maximum absolute atomic E-state index is 12.4. The molecule has 0 aliphatic heterocycles. The molecule has 0 radical (unpaired) electrons. The minimum Gasteiger partial charge on any atom is -0.326 e. The summed E-state index contributed by atoms with van der Waals surface area (Å²) in [6.07, 6.45) is 2.39. The van der Waals surface area contributed by atoms with E-state index in [0.29, 0.717) is 16.7 Å². The lowest BCUT2D eigenvalue weighted by Gasteiger charge is -2.11. The number of nitrogens with one attached hydrogen (secondary N) is 2. The average Bonchev–Trinajstić information content (AvgIpc) is 3.07. The van der Waals surface area contributed by atoms with Crippen molar-refractivity contribution in [3.05, 3.63) is 24.3 Å². The third-order valence-corrected chi connectivity index (χ3v) is 6.04. The van der Waals surface area contributed by atoms with Crippen LogP contribution >= 0.6 is 35.1 Å². The Labute approximate surface area is 172 Å². The number of benzene rings is 1. The number of carbonyl (C=O) groups is 2. The van der Waals surface area contributed by atoms with Gasteiger partial charge < -0.3 is 5.32 Å². The Morgan fingerprint density at radius 3 is 2.81 bits per heavy atom. The van der Waals surface area contributed by atoms with E-state index in [4.69, 9.17) is 0 Å². The fourth-order valence-electron chi connectivity index (χ4n) is 2.12. The van der Waals surface area contributed by atoms with Gasteiger partial charge in [-0.05, 0) is 37.3 Å². The summed E-state index contributed by atoms with van der Waals surface area (Å²) in [6, 6.07) is 7.55. The Bertz CT molecular complexity index is 767. The Morgan fingerprint density at radius 2 is 2.07 bits per heavy atom. The van der Waals surface area contributed by atoms with Crippen LogP contribution in [-0.4, -0.2) is 32.2 Å². The summed E-state index contributed by atoms with van der Waals surface area (Å²) >= 11 is 4.16. The fraction of sp³-hybridized carbons (Fsp3) is 0.444. The van der Waals surface area contributed by atoms with E-state index >= 15 is 0 Å². The number of thioether (sulfide) groups is 2. The van der Waals surface area contributed by atoms with Crippen molar-refractivity contribution >= 4 is 57.7 Å². The first-order valence-corrected chi connectivity index (χ1v) is 11.5. The molecule has 1 aromatic heterocycles. The van der Waals surface area contributed by atoms with Crippen LogP contribution in [0.4, 0.5) is 10.8 Å². The quantitative estimate of drug-likeness (QED) is 0.528. The van der Waals surface area contributed by atoms with Gasteiger partial charge in [-0.25, -0.2) is 0 Å². The highest BCUT2D eigenvalue weighted by Gasteiger charge is 2.17. The number of anilines is 2. The number of hydrogen-bond donors (Lipinski definition) is 2. The van der Waals surface area contributed by atoms with Gasteiger partial charge in [0.1, 0.15) is 0 Å². The molecular weight excluding hydrogens is 400 g/mol. The molecule has 2 rings (SSSR count). The van der Waals surface area contributed by atoms with Gasteiger partial charge in [-0.15, -0.1) is 11.8 Å². The first-order chi connectivity index (χ1) is 13.0. The molecule has 1 heterocycles. The van der Waals surface area contributed by atoms with Gasteiger partial charge in [0, 0.05) is 28.5 Å². The van der Waals surface area contributed by atoms with Crippen LogP contribution < -0.4 is 10.6 Å². The molecule has 2 aromatic rings. The molecule has 0 bridgehead atoms. The van der Waals surface area contributed by atoms with E-state index in [1.807, 2.05) is 38.1 Å². The van der Waals surface area contributed by atoms with Gasteiger partial charge in [-0.1, -0.05) is 38.1 Å². The molecule has 2 amide bonds. The predicted molar refractivity (Wildman–Crippen MR) is 115 cm³/mol. The van der Waals surface area contributed by atoms with E-state index in [0.717, 1.165) is 29.2 Å². The highest BCUT2D eigenvalue weighted by Crippen LogP contribution is 2.27. The van der Waals surface area contributed by atoms with Crippen LogP contribution in [0, 0.1) is 0 Å². The van der Waals surface area contributed by atoms with E-state index in [1.54, 1.807) is 11.8 Å². The highest BCUT2D eigenvalue weighted by molar-refractivity contribution is 8.00. The maximum atomic E-state index is 12.4. The van der Waals surface area contributed by atoms with Crippen molar-refractivity contribution in [3.8, 4) is 0 Å². The number of rotatable bonds is 10. The summed E-state index contributed by atoms with van der Waals surface area (Å²) < 4.78 is 4.19. The topological polar surface area (TPSA) is 84.0 Å². The van der Waals surface area contributed by atoms with E-state index in [9.17, 15) is 9.59 Å². The molecule has 0 fully saturated rings. The predicted octanol–water partition coefficient (Wildman–Crippen LogP) is 4.90. The van der Waals surface area contributed by atoms with Crippen LogP contribution in [0.3, 0.4) is 0 Å². The van der Waals surface area contributed by atoms with Gasteiger partial charge in [0.25, 0.3) is 0 Å². The standard InChI is InChI=1S/C18H24N4O2S3/c1-4-6-10-15(23)19-13-8-7-9-14(11-13)26-12(3)16(24)20-17-21-18(22-27-17)25-5-2/h7-9,11-12H,4-6,10H2,1-3H3,(H,19,23)(H,20,21,22,24). The summed E-state index contributed by atoms with van der Waals surface area (Å²) in [4.78, 5) is 29.5. The van der Waals surface area contributed by atoms with Crippen molar-refractivity contribution in [2.24, 2.45) is 0 Å². The second kappa shape index (κ2) is 11.3. The van der Waals surface area contributed by atoms with Crippen molar-refractivity contribution in [2.75, 3.05) is 16.4 Å². The summed E-state index contributed by atoms with van der Waals surface area (Å²) in [5.41, 5.74) is 0.749. The molecule has 9 heteroatoms. The molecule has 1 atom stereocenters. The highest BCUT2D eigenvalue weighted by atomic mass is 32.2. The normalized spacial score (nSPS) is 11.8. The van der Waals surface area contributed by atoms with Crippen LogP contribution in [0.5, 0.6) is 0 Å². The lowest BCUT2D eigenvalue weighted by molar-refractivity contribution is -0.116. The summed E-state index contributed by atoms with van der Waals surface area (Å²) in [5, 5.41) is 6.61. The Balaban J connectivity index is 1.90. The van der Waals surface area contributed by atoms with Gasteiger partial charge in [0.2, 0.25) is 22.1 Å². The summed E-state index contributed by atoms with van der Waals surface area (Å²) in [6.45, 7) is 5.93. The lowest BCUT2D eigenvalue weighted by Crippen LogP contribution is -2.22. The number of carbonyl (C=O) groups excluding carboxylic acids is 2. The van der Waals surface area contributed by atoms with E-state index in [-0.39, 0.29) is 17.1 Å². The Hall–Kier alpha value is -1.58. The van der Waals surface area contributed by atoms with E-state index in [2.05, 4.69) is 26.9 Å². The second-order valence-electron chi connectivity index (χ2n) is 5.74. The molecule has 0 saturated heterocycles. The molecule has 0 aliphatic rings. The first kappa shape index (κ1) is 21.7.